The molecule has 1 aliphatic heterocycles. The lowest BCUT2D eigenvalue weighted by Gasteiger charge is -2.49. The highest BCUT2D eigenvalue weighted by atomic mass is 19.4. The summed E-state index contributed by atoms with van der Waals surface area (Å²) in [6.45, 7) is 4.83. The fourth-order valence-electron chi connectivity index (χ4n) is 3.46. The topological polar surface area (TPSA) is 15.3 Å². The van der Waals surface area contributed by atoms with Gasteiger partial charge in [-0.25, -0.2) is 0 Å². The van der Waals surface area contributed by atoms with E-state index in [0.29, 0.717) is 13.1 Å². The highest BCUT2D eigenvalue weighted by Crippen LogP contribution is 2.55. The number of hydrogen-bond acceptors (Lipinski definition) is 2. The fraction of sp³-hybridized carbons (Fsp3) is 0.625. The Labute approximate surface area is 123 Å². The summed E-state index contributed by atoms with van der Waals surface area (Å²) in [4.78, 5) is 1.68. The van der Waals surface area contributed by atoms with Gasteiger partial charge in [0, 0.05) is 19.1 Å². The van der Waals surface area contributed by atoms with Crippen LogP contribution < -0.4 is 5.32 Å². The molecule has 1 N–H and O–H groups in total. The molecule has 2 unspecified atom stereocenters. The Hall–Kier alpha value is -1.07. The van der Waals surface area contributed by atoms with Gasteiger partial charge in [-0.05, 0) is 32.3 Å². The van der Waals surface area contributed by atoms with Gasteiger partial charge in [-0.1, -0.05) is 30.3 Å². The van der Waals surface area contributed by atoms with Gasteiger partial charge in [0.15, 0.2) is 0 Å². The van der Waals surface area contributed by atoms with Crippen LogP contribution in [0.5, 0.6) is 0 Å². The summed E-state index contributed by atoms with van der Waals surface area (Å²) in [6, 6.07) is 9.64. The van der Waals surface area contributed by atoms with Gasteiger partial charge in [-0.2, -0.15) is 13.2 Å². The van der Waals surface area contributed by atoms with Gasteiger partial charge in [0.25, 0.3) is 0 Å². The molecule has 0 spiro atoms. The summed E-state index contributed by atoms with van der Waals surface area (Å²) >= 11 is 0. The maximum atomic E-state index is 13.4. The summed E-state index contributed by atoms with van der Waals surface area (Å²) in [5.74, 6) is 0. The highest BCUT2D eigenvalue weighted by molar-refractivity contribution is 5.26. The van der Waals surface area contributed by atoms with E-state index in [9.17, 15) is 13.2 Å². The second-order valence-electron chi connectivity index (χ2n) is 6.59. The molecule has 0 bridgehead atoms. The van der Waals surface area contributed by atoms with Crippen LogP contribution in [0.15, 0.2) is 30.3 Å². The van der Waals surface area contributed by atoms with Crippen LogP contribution in [0.4, 0.5) is 13.2 Å². The van der Waals surface area contributed by atoms with Crippen LogP contribution in [0.25, 0.3) is 0 Å². The van der Waals surface area contributed by atoms with E-state index in [1.807, 2.05) is 44.2 Å². The van der Waals surface area contributed by atoms with Crippen molar-refractivity contribution in [3.8, 4) is 0 Å². The van der Waals surface area contributed by atoms with Crippen molar-refractivity contribution in [1.29, 1.82) is 0 Å². The Morgan fingerprint density at radius 3 is 2.33 bits per heavy atom. The molecule has 1 aromatic rings. The first-order chi connectivity index (χ1) is 9.79. The minimum atomic E-state index is -4.14. The number of halogens is 3. The van der Waals surface area contributed by atoms with Crippen molar-refractivity contribution in [3.05, 3.63) is 35.9 Å². The zero-order chi connectivity index (χ0) is 15.3. The molecule has 1 heterocycles. The summed E-state index contributed by atoms with van der Waals surface area (Å²) in [5.41, 5.74) is -0.987. The SMILES string of the molecule is CC1CNC(C)(c2ccccc2)CN1C1(C(F)(F)F)CC1. The quantitative estimate of drug-likeness (QED) is 0.901. The normalized spacial score (nSPS) is 32.9. The van der Waals surface area contributed by atoms with E-state index < -0.39 is 17.3 Å². The molecule has 0 aromatic heterocycles. The molecule has 0 radical (unpaired) electrons. The van der Waals surface area contributed by atoms with Crippen LogP contribution in [-0.4, -0.2) is 35.7 Å². The summed E-state index contributed by atoms with van der Waals surface area (Å²) < 4.78 is 40.3. The summed E-state index contributed by atoms with van der Waals surface area (Å²) in [5, 5.41) is 3.43. The number of hydrogen-bond donors (Lipinski definition) is 1. The van der Waals surface area contributed by atoms with Crippen LogP contribution >= 0.6 is 0 Å². The molecule has 116 valence electrons. The third-order valence-corrected chi connectivity index (χ3v) is 5.02. The lowest BCUT2D eigenvalue weighted by atomic mass is 9.87. The van der Waals surface area contributed by atoms with Crippen molar-refractivity contribution in [2.75, 3.05) is 13.1 Å². The predicted octanol–water partition coefficient (Wildman–Crippen LogP) is 3.29. The molecule has 0 amide bonds. The monoisotopic (exact) mass is 298 g/mol. The molecule has 1 saturated carbocycles. The largest absolute Gasteiger partial charge is 0.406 e. The number of piperazine rings is 1. The highest BCUT2D eigenvalue weighted by Gasteiger charge is 2.68. The Bertz CT molecular complexity index is 510. The van der Waals surface area contributed by atoms with Crippen molar-refractivity contribution in [2.45, 2.75) is 50.0 Å². The number of benzene rings is 1. The average molecular weight is 298 g/mol. The van der Waals surface area contributed by atoms with Crippen LogP contribution in [-0.2, 0) is 5.54 Å². The van der Waals surface area contributed by atoms with E-state index in [0.717, 1.165) is 5.56 Å². The predicted molar refractivity (Wildman–Crippen MR) is 76.0 cm³/mol. The van der Waals surface area contributed by atoms with E-state index in [2.05, 4.69) is 5.32 Å². The molecule has 1 aromatic carbocycles. The first-order valence-corrected chi connectivity index (χ1v) is 7.43. The van der Waals surface area contributed by atoms with Gasteiger partial charge in [0.2, 0.25) is 0 Å². The van der Waals surface area contributed by atoms with Crippen LogP contribution in [0.3, 0.4) is 0 Å². The zero-order valence-electron chi connectivity index (χ0n) is 12.4. The van der Waals surface area contributed by atoms with E-state index in [-0.39, 0.29) is 18.9 Å². The number of nitrogens with one attached hydrogen (secondary N) is 1. The summed E-state index contributed by atoms with van der Waals surface area (Å²) in [6.07, 6.45) is -3.69. The van der Waals surface area contributed by atoms with E-state index >= 15 is 0 Å². The molecule has 1 aliphatic carbocycles. The molecule has 1 saturated heterocycles. The molecule has 3 rings (SSSR count). The first-order valence-electron chi connectivity index (χ1n) is 7.43. The third kappa shape index (κ3) is 2.36. The second-order valence-corrected chi connectivity index (χ2v) is 6.59. The van der Waals surface area contributed by atoms with Crippen molar-refractivity contribution in [3.63, 3.8) is 0 Å². The van der Waals surface area contributed by atoms with Crippen molar-refractivity contribution in [1.82, 2.24) is 10.2 Å². The zero-order valence-corrected chi connectivity index (χ0v) is 12.4. The standard InChI is InChI=1S/C16H21F3N2/c1-12-10-20-14(2,13-6-4-3-5-7-13)11-21(12)15(8-9-15)16(17,18)19/h3-7,12,20H,8-11H2,1-2H3. The number of rotatable bonds is 2. The first kappa shape index (κ1) is 14.9. The van der Waals surface area contributed by atoms with Gasteiger partial charge < -0.3 is 5.32 Å². The molecule has 21 heavy (non-hydrogen) atoms. The van der Waals surface area contributed by atoms with Crippen molar-refractivity contribution >= 4 is 0 Å². The Morgan fingerprint density at radius 1 is 1.19 bits per heavy atom. The molecule has 2 atom stereocenters. The van der Waals surface area contributed by atoms with E-state index in [1.165, 1.54) is 0 Å². The molecule has 5 heteroatoms. The lowest BCUT2D eigenvalue weighted by molar-refractivity contribution is -0.208. The van der Waals surface area contributed by atoms with E-state index in [4.69, 9.17) is 0 Å². The van der Waals surface area contributed by atoms with Crippen LogP contribution in [0.1, 0.15) is 32.3 Å². The van der Waals surface area contributed by atoms with Gasteiger partial charge in [-0.15, -0.1) is 0 Å². The van der Waals surface area contributed by atoms with Gasteiger partial charge in [-0.3, -0.25) is 4.90 Å². The molecule has 2 aliphatic rings. The van der Waals surface area contributed by atoms with Gasteiger partial charge in [0.1, 0.15) is 5.54 Å². The second kappa shape index (κ2) is 4.71. The molecular formula is C16H21F3N2. The smallest absolute Gasteiger partial charge is 0.305 e. The maximum absolute atomic E-state index is 13.4. The van der Waals surface area contributed by atoms with Crippen molar-refractivity contribution < 1.29 is 13.2 Å². The fourth-order valence-corrected chi connectivity index (χ4v) is 3.46. The Balaban J connectivity index is 1.89. The summed E-state index contributed by atoms with van der Waals surface area (Å²) in [7, 11) is 0. The van der Waals surface area contributed by atoms with Gasteiger partial charge >= 0.3 is 6.18 Å². The maximum Gasteiger partial charge on any atom is 0.406 e. The molecule has 2 nitrogen and oxygen atoms in total. The molecule has 2 fully saturated rings. The molecular weight excluding hydrogens is 277 g/mol. The number of alkyl halides is 3. The Kier molecular flexibility index (Phi) is 3.33. The Morgan fingerprint density at radius 2 is 1.81 bits per heavy atom. The van der Waals surface area contributed by atoms with Crippen molar-refractivity contribution in [2.24, 2.45) is 0 Å². The lowest BCUT2D eigenvalue weighted by Crippen LogP contribution is -2.66. The van der Waals surface area contributed by atoms with Crippen LogP contribution in [0.2, 0.25) is 0 Å². The van der Waals surface area contributed by atoms with Crippen LogP contribution in [0, 0.1) is 0 Å². The third-order valence-electron chi connectivity index (χ3n) is 5.02. The minimum absolute atomic E-state index is 0.106. The minimum Gasteiger partial charge on any atom is -0.305 e. The van der Waals surface area contributed by atoms with Gasteiger partial charge in [0.05, 0.1) is 5.54 Å². The average Bonchev–Trinajstić information content (AvgIpc) is 3.24. The van der Waals surface area contributed by atoms with E-state index in [1.54, 1.807) is 4.90 Å². The number of nitrogens with zero attached hydrogens (tertiary/aromatic N) is 1.